The van der Waals surface area contributed by atoms with E-state index in [9.17, 15) is 24.3 Å². The number of nitrogens with zero attached hydrogens (tertiary/aromatic N) is 1. The molecule has 0 radical (unpaired) electrons. The first-order chi connectivity index (χ1) is 17.2. The molecule has 1 heterocycles. The minimum absolute atomic E-state index is 0.110. The van der Waals surface area contributed by atoms with E-state index in [1.54, 1.807) is 0 Å². The molecule has 3 rings (SSSR count). The molecule has 0 spiro atoms. The normalized spacial score (nSPS) is 20.8. The molecule has 2 aromatic rings. The van der Waals surface area contributed by atoms with E-state index < -0.39 is 41.6 Å². The van der Waals surface area contributed by atoms with Crippen molar-refractivity contribution in [3.63, 3.8) is 0 Å². The highest BCUT2D eigenvalue weighted by atomic mass is 16.6. The van der Waals surface area contributed by atoms with Crippen LogP contribution < -0.4 is 5.32 Å². The molecule has 0 bridgehead atoms. The lowest BCUT2D eigenvalue weighted by Crippen LogP contribution is -2.65. The Labute approximate surface area is 210 Å². The Bertz CT molecular complexity index is 1080. The number of esters is 2. The van der Waals surface area contributed by atoms with Crippen LogP contribution in [0.2, 0.25) is 0 Å². The van der Waals surface area contributed by atoms with Gasteiger partial charge >= 0.3 is 18.0 Å². The first-order valence-electron chi connectivity index (χ1n) is 11.8. The van der Waals surface area contributed by atoms with Crippen LogP contribution in [0.1, 0.15) is 31.4 Å². The highest BCUT2D eigenvalue weighted by Gasteiger charge is 2.57. The summed E-state index contributed by atoms with van der Waals surface area (Å²) in [5.41, 5.74) is 0.241. The summed E-state index contributed by atoms with van der Waals surface area (Å²) in [7, 11) is 1.17. The third-order valence-corrected chi connectivity index (χ3v) is 6.69. The first kappa shape index (κ1) is 26.7. The van der Waals surface area contributed by atoms with Crippen LogP contribution >= 0.6 is 0 Å². The summed E-state index contributed by atoms with van der Waals surface area (Å²) >= 11 is 0. The minimum Gasteiger partial charge on any atom is -0.467 e. The number of methoxy groups -OCH3 is 1. The zero-order valence-electron chi connectivity index (χ0n) is 20.7. The van der Waals surface area contributed by atoms with Gasteiger partial charge in [-0.05, 0) is 36.8 Å². The molecule has 36 heavy (non-hydrogen) atoms. The van der Waals surface area contributed by atoms with Gasteiger partial charge in [-0.2, -0.15) is 0 Å². The van der Waals surface area contributed by atoms with Gasteiger partial charge < -0.3 is 19.9 Å². The summed E-state index contributed by atoms with van der Waals surface area (Å²) < 4.78 is 10.0. The molecule has 9 heteroatoms. The lowest BCUT2D eigenvalue weighted by molar-refractivity contribution is -0.157. The fourth-order valence-corrected chi connectivity index (χ4v) is 5.01. The number of benzene rings is 2. The summed E-state index contributed by atoms with van der Waals surface area (Å²) in [6.07, 6.45) is -1.21. The second kappa shape index (κ2) is 11.7. The molecule has 192 valence electrons. The van der Waals surface area contributed by atoms with Crippen LogP contribution in [-0.4, -0.2) is 65.3 Å². The molecule has 1 saturated heterocycles. The Morgan fingerprint density at radius 1 is 1.06 bits per heavy atom. The number of rotatable bonds is 9. The maximum Gasteiger partial charge on any atom is 0.408 e. The minimum atomic E-state index is -1.51. The molecule has 1 aliphatic rings. The van der Waals surface area contributed by atoms with Crippen LogP contribution in [0, 0.1) is 5.92 Å². The van der Waals surface area contributed by atoms with E-state index in [2.05, 4.69) is 5.32 Å². The first-order valence-corrected chi connectivity index (χ1v) is 11.8. The Morgan fingerprint density at radius 3 is 2.17 bits per heavy atom. The van der Waals surface area contributed by atoms with Crippen LogP contribution in [-0.2, 0) is 36.7 Å². The van der Waals surface area contributed by atoms with Gasteiger partial charge in [-0.15, -0.1) is 0 Å². The van der Waals surface area contributed by atoms with Gasteiger partial charge in [-0.1, -0.05) is 60.7 Å². The predicted octanol–water partition coefficient (Wildman–Crippen LogP) is 2.82. The average molecular weight is 497 g/mol. The summed E-state index contributed by atoms with van der Waals surface area (Å²) in [5, 5.41) is 12.8. The van der Waals surface area contributed by atoms with Crippen LogP contribution in [0.4, 0.5) is 4.79 Å². The summed E-state index contributed by atoms with van der Waals surface area (Å²) in [5.74, 6) is -2.44. The molecule has 1 aliphatic heterocycles. The molecule has 0 aromatic heterocycles. The predicted molar refractivity (Wildman–Crippen MR) is 131 cm³/mol. The van der Waals surface area contributed by atoms with E-state index >= 15 is 0 Å². The van der Waals surface area contributed by atoms with E-state index in [0.717, 1.165) is 11.1 Å². The summed E-state index contributed by atoms with van der Waals surface area (Å²) in [4.78, 5) is 51.9. The maximum absolute atomic E-state index is 14.1. The van der Waals surface area contributed by atoms with E-state index in [1.165, 1.54) is 25.9 Å². The molecule has 4 atom stereocenters. The van der Waals surface area contributed by atoms with Crippen LogP contribution in [0.3, 0.4) is 0 Å². The van der Waals surface area contributed by atoms with Gasteiger partial charge in [0.05, 0.1) is 7.11 Å². The number of hydrogen-bond acceptors (Lipinski definition) is 6. The van der Waals surface area contributed by atoms with Crippen molar-refractivity contribution in [3.05, 3.63) is 71.8 Å². The molecule has 0 saturated carbocycles. The fourth-order valence-electron chi connectivity index (χ4n) is 5.01. The van der Waals surface area contributed by atoms with E-state index in [-0.39, 0.29) is 18.9 Å². The number of nitrogens with one attached hydrogen (secondary N) is 1. The Hall–Kier alpha value is -3.88. The van der Waals surface area contributed by atoms with E-state index in [0.29, 0.717) is 12.8 Å². The largest absolute Gasteiger partial charge is 0.467 e. The fraction of sp³-hybridized carbons (Fsp3) is 0.407. The van der Waals surface area contributed by atoms with Gasteiger partial charge in [0.25, 0.3) is 0 Å². The van der Waals surface area contributed by atoms with Crippen molar-refractivity contribution >= 4 is 23.9 Å². The van der Waals surface area contributed by atoms with Gasteiger partial charge in [0, 0.05) is 19.9 Å². The van der Waals surface area contributed by atoms with Crippen molar-refractivity contribution in [1.29, 1.82) is 0 Å². The van der Waals surface area contributed by atoms with Crippen LogP contribution in [0.5, 0.6) is 0 Å². The zero-order valence-corrected chi connectivity index (χ0v) is 20.7. The number of ether oxygens (including phenoxy) is 2. The Morgan fingerprint density at radius 2 is 1.64 bits per heavy atom. The lowest BCUT2D eigenvalue weighted by atomic mass is 9.75. The van der Waals surface area contributed by atoms with Crippen molar-refractivity contribution < 1.29 is 33.8 Å². The monoisotopic (exact) mass is 496 g/mol. The molecular formula is C27H32N2O7. The zero-order chi connectivity index (χ0) is 26.3. The molecule has 2 unspecified atom stereocenters. The van der Waals surface area contributed by atoms with Gasteiger partial charge in [-0.3, -0.25) is 14.5 Å². The number of carboxylic acid groups (broad SMARTS) is 1. The van der Waals surface area contributed by atoms with Crippen molar-refractivity contribution in [3.8, 4) is 0 Å². The second-order valence-electron chi connectivity index (χ2n) is 8.99. The molecule has 0 aliphatic carbocycles. The van der Waals surface area contributed by atoms with Crippen molar-refractivity contribution in [1.82, 2.24) is 10.2 Å². The highest BCUT2D eigenvalue weighted by molar-refractivity contribution is 5.94. The topological polar surface area (TPSA) is 122 Å². The SMILES string of the molecule is COC(=O)[C@@H](NC(=O)C1(Cc2ccccc2)C(Cc2ccccc2)CCN1C(=O)O)[C@@H](C)OC(C)=O. The van der Waals surface area contributed by atoms with Crippen molar-refractivity contribution in [2.24, 2.45) is 5.92 Å². The van der Waals surface area contributed by atoms with E-state index in [4.69, 9.17) is 9.47 Å². The van der Waals surface area contributed by atoms with E-state index in [1.807, 2.05) is 60.7 Å². The third kappa shape index (κ3) is 5.84. The van der Waals surface area contributed by atoms with Gasteiger partial charge in [-0.25, -0.2) is 9.59 Å². The van der Waals surface area contributed by atoms with Gasteiger partial charge in [0.2, 0.25) is 5.91 Å². The molecule has 1 fully saturated rings. The number of carbonyl (C=O) groups is 4. The number of hydrogen-bond donors (Lipinski definition) is 2. The molecule has 2 aromatic carbocycles. The average Bonchev–Trinajstić information content (AvgIpc) is 3.21. The number of carbonyl (C=O) groups excluding carboxylic acids is 3. The smallest absolute Gasteiger partial charge is 0.408 e. The molecular weight excluding hydrogens is 464 g/mol. The Balaban J connectivity index is 2.07. The number of likely N-dealkylation sites (tertiary alicyclic amines) is 1. The highest BCUT2D eigenvalue weighted by Crippen LogP contribution is 2.41. The molecule has 9 nitrogen and oxygen atoms in total. The van der Waals surface area contributed by atoms with Gasteiger partial charge in [0.1, 0.15) is 11.6 Å². The quantitative estimate of drug-likeness (QED) is 0.512. The Kier molecular flexibility index (Phi) is 8.68. The lowest BCUT2D eigenvalue weighted by Gasteiger charge is -2.41. The van der Waals surface area contributed by atoms with Gasteiger partial charge in [0.15, 0.2) is 6.04 Å². The summed E-state index contributed by atoms with van der Waals surface area (Å²) in [6.45, 7) is 2.83. The molecule has 2 N–H and O–H groups in total. The maximum atomic E-state index is 14.1. The van der Waals surface area contributed by atoms with Crippen molar-refractivity contribution in [2.75, 3.05) is 13.7 Å². The van der Waals surface area contributed by atoms with Crippen LogP contribution in [0.25, 0.3) is 0 Å². The summed E-state index contributed by atoms with van der Waals surface area (Å²) in [6, 6.07) is 17.4. The standard InChI is InChI=1S/C27H32N2O7/c1-18(36-19(2)30)23(24(31)35-3)28-25(32)27(17-21-12-8-5-9-13-21)22(14-15-29(27)26(33)34)16-20-10-6-4-7-11-20/h4-13,18,22-23H,14-17H2,1-3H3,(H,28,32)(H,33,34)/t18-,22?,23+,27?/m1/s1. The second-order valence-corrected chi connectivity index (χ2v) is 8.99. The number of amides is 2. The van der Waals surface area contributed by atoms with Crippen molar-refractivity contribution in [2.45, 2.75) is 50.8 Å². The molecule has 2 amide bonds. The van der Waals surface area contributed by atoms with Crippen LogP contribution in [0.15, 0.2) is 60.7 Å². The third-order valence-electron chi connectivity index (χ3n) is 6.69.